The van der Waals surface area contributed by atoms with Gasteiger partial charge in [-0.1, -0.05) is 0 Å². The van der Waals surface area contributed by atoms with Crippen LogP contribution in [0, 0.1) is 0 Å². The molecule has 0 spiro atoms. The number of rotatable bonds is 7. The van der Waals surface area contributed by atoms with Gasteiger partial charge >= 0.3 is 0 Å². The lowest BCUT2D eigenvalue weighted by Gasteiger charge is -2.44. The van der Waals surface area contributed by atoms with Gasteiger partial charge in [-0.25, -0.2) is 0 Å². The molecule has 0 aromatic carbocycles. The predicted octanol–water partition coefficient (Wildman–Crippen LogP) is 2.38. The van der Waals surface area contributed by atoms with Crippen molar-refractivity contribution in [2.45, 2.75) is 51.7 Å². The van der Waals surface area contributed by atoms with E-state index < -0.39 is 32.1 Å². The highest BCUT2D eigenvalue weighted by atomic mass is 35.5. The number of alkyl halides is 1. The molecule has 103 valence electrons. The SMILES string of the molecule is C[Si](CCCCl)O[Si](C)([Si](C)(C)O)[Si](C)(C)O. The third kappa shape index (κ3) is 4.90. The quantitative estimate of drug-likeness (QED) is 0.557. The van der Waals surface area contributed by atoms with Crippen molar-refractivity contribution in [2.24, 2.45) is 0 Å². The van der Waals surface area contributed by atoms with E-state index in [9.17, 15) is 9.59 Å². The molecule has 3 nitrogen and oxygen atoms in total. The number of hydrogen-bond donors (Lipinski definition) is 2. The summed E-state index contributed by atoms with van der Waals surface area (Å²) in [5.74, 6) is 0.656. The Morgan fingerprint density at radius 2 is 1.47 bits per heavy atom. The molecule has 0 heterocycles. The van der Waals surface area contributed by atoms with Gasteiger partial charge in [-0.15, -0.1) is 11.6 Å². The van der Waals surface area contributed by atoms with Crippen molar-refractivity contribution < 1.29 is 13.7 Å². The normalized spacial score (nSPS) is 14.5. The van der Waals surface area contributed by atoms with E-state index in [4.69, 9.17) is 15.7 Å². The van der Waals surface area contributed by atoms with Crippen molar-refractivity contribution in [3.05, 3.63) is 0 Å². The lowest BCUT2D eigenvalue weighted by Crippen LogP contribution is -2.75. The first-order chi connectivity index (χ1) is 7.45. The van der Waals surface area contributed by atoms with Gasteiger partial charge in [0.25, 0.3) is 0 Å². The Kier molecular flexibility index (Phi) is 6.86. The van der Waals surface area contributed by atoms with E-state index in [1.54, 1.807) is 0 Å². The molecule has 8 heteroatoms. The average Bonchev–Trinajstić information content (AvgIpc) is 2.10. The Morgan fingerprint density at radius 1 is 1.06 bits per heavy atom. The van der Waals surface area contributed by atoms with E-state index >= 15 is 0 Å². The van der Waals surface area contributed by atoms with E-state index in [2.05, 4.69) is 6.55 Å². The maximum atomic E-state index is 10.5. The Balaban J connectivity index is 4.86. The molecule has 0 saturated heterocycles. The van der Waals surface area contributed by atoms with Gasteiger partial charge in [0.1, 0.15) is 0 Å². The zero-order valence-corrected chi connectivity index (χ0v) is 16.6. The van der Waals surface area contributed by atoms with Crippen LogP contribution in [-0.4, -0.2) is 47.5 Å². The number of hydrogen-bond acceptors (Lipinski definition) is 3. The Hall–Kier alpha value is 1.04. The molecule has 0 aromatic rings. The molecule has 2 N–H and O–H groups in total. The second-order valence-electron chi connectivity index (χ2n) is 5.75. The topological polar surface area (TPSA) is 49.7 Å². The predicted molar refractivity (Wildman–Crippen MR) is 83.9 cm³/mol. The Bertz CT molecular complexity index is 225. The van der Waals surface area contributed by atoms with Crippen LogP contribution in [0.15, 0.2) is 0 Å². The lowest BCUT2D eigenvalue weighted by molar-refractivity contribution is 0.511. The zero-order chi connectivity index (χ0) is 13.9. The summed E-state index contributed by atoms with van der Waals surface area (Å²) >= 11 is 5.69. The van der Waals surface area contributed by atoms with Crippen LogP contribution in [0.2, 0.25) is 45.3 Å². The van der Waals surface area contributed by atoms with Gasteiger partial charge in [0.15, 0.2) is 24.7 Å². The van der Waals surface area contributed by atoms with Gasteiger partial charge in [0, 0.05) is 5.88 Å². The highest BCUT2D eigenvalue weighted by Crippen LogP contribution is 2.28. The molecular weight excluding hydrogens is 304 g/mol. The van der Waals surface area contributed by atoms with Crippen molar-refractivity contribution in [3.8, 4) is 0 Å². The van der Waals surface area contributed by atoms with Crippen LogP contribution in [0.25, 0.3) is 0 Å². The van der Waals surface area contributed by atoms with Gasteiger partial charge in [-0.2, -0.15) is 0 Å². The van der Waals surface area contributed by atoms with Crippen LogP contribution in [-0.2, 0) is 4.12 Å². The van der Waals surface area contributed by atoms with Crippen LogP contribution in [0.4, 0.5) is 0 Å². The maximum absolute atomic E-state index is 10.5. The molecule has 0 amide bonds. The van der Waals surface area contributed by atoms with E-state index in [-0.39, 0.29) is 0 Å². The van der Waals surface area contributed by atoms with E-state index in [1.807, 2.05) is 32.7 Å². The highest BCUT2D eigenvalue weighted by molar-refractivity contribution is 7.64. The first kappa shape index (κ1) is 18.0. The minimum atomic E-state index is -2.43. The molecular formula is C9H26ClO3Si4. The molecule has 0 aliphatic rings. The van der Waals surface area contributed by atoms with Gasteiger partial charge < -0.3 is 13.7 Å². The third-order valence-corrected chi connectivity index (χ3v) is 39.3. The fourth-order valence-electron chi connectivity index (χ4n) is 1.71. The van der Waals surface area contributed by atoms with Gasteiger partial charge in [-0.3, -0.25) is 0 Å². The van der Waals surface area contributed by atoms with Crippen LogP contribution >= 0.6 is 11.6 Å². The first-order valence-electron chi connectivity index (χ1n) is 5.98. The smallest absolute Gasteiger partial charge is 0.213 e. The van der Waals surface area contributed by atoms with E-state index in [0.717, 1.165) is 12.5 Å². The zero-order valence-electron chi connectivity index (χ0n) is 11.8. The number of halogens is 1. The summed E-state index contributed by atoms with van der Waals surface area (Å²) in [6.45, 7) is 11.8. The van der Waals surface area contributed by atoms with Crippen LogP contribution in [0.3, 0.4) is 0 Å². The molecule has 0 bridgehead atoms. The lowest BCUT2D eigenvalue weighted by atomic mass is 10.6. The second-order valence-corrected chi connectivity index (χ2v) is 31.7. The molecule has 17 heavy (non-hydrogen) atoms. The summed E-state index contributed by atoms with van der Waals surface area (Å²) < 4.78 is 6.27. The molecule has 1 radical (unpaired) electrons. The monoisotopic (exact) mass is 329 g/mol. The molecule has 0 aliphatic carbocycles. The summed E-state index contributed by atoms with van der Waals surface area (Å²) in [6, 6.07) is 0.992. The first-order valence-corrected chi connectivity index (χ1v) is 18.9. The molecule has 0 aliphatic heterocycles. The molecule has 0 aromatic heterocycles. The minimum absolute atomic E-state index is 0.656. The Labute approximate surface area is 115 Å². The average molecular weight is 330 g/mol. The summed E-state index contributed by atoms with van der Waals surface area (Å²) in [5.41, 5.74) is 0. The van der Waals surface area contributed by atoms with E-state index in [1.165, 1.54) is 0 Å². The molecule has 0 atom stereocenters. The van der Waals surface area contributed by atoms with Gasteiger partial charge in [0.2, 0.25) is 7.35 Å². The fourth-order valence-corrected chi connectivity index (χ4v) is 35.0. The fraction of sp³-hybridized carbons (Fsp3) is 1.00. The largest absolute Gasteiger partial charge is 0.456 e. The summed E-state index contributed by atoms with van der Waals surface area (Å²) in [7, 11) is -8.18. The van der Waals surface area contributed by atoms with Crippen molar-refractivity contribution in [2.75, 3.05) is 5.88 Å². The summed E-state index contributed by atoms with van der Waals surface area (Å²) in [5, 5.41) is 0. The summed E-state index contributed by atoms with van der Waals surface area (Å²) in [4.78, 5) is 21.0. The van der Waals surface area contributed by atoms with Gasteiger partial charge in [-0.05, 0) is 51.7 Å². The molecule has 0 fully saturated rings. The third-order valence-electron chi connectivity index (χ3n) is 3.38. The van der Waals surface area contributed by atoms with Crippen LogP contribution < -0.4 is 0 Å². The van der Waals surface area contributed by atoms with Crippen molar-refractivity contribution in [1.29, 1.82) is 0 Å². The molecule has 0 saturated carbocycles. The van der Waals surface area contributed by atoms with Gasteiger partial charge in [0.05, 0.1) is 0 Å². The second kappa shape index (κ2) is 6.46. The minimum Gasteiger partial charge on any atom is -0.456 e. The van der Waals surface area contributed by atoms with Crippen molar-refractivity contribution in [1.82, 2.24) is 0 Å². The Morgan fingerprint density at radius 3 is 1.76 bits per heavy atom. The standard InChI is InChI=1S/C9H26ClO3Si4/c1-14(9-7-8-10)13-17(6,15(2,3)11)16(4,5)12/h11-12H,7-9H2,1-6H3. The highest BCUT2D eigenvalue weighted by Gasteiger charge is 2.58. The summed E-state index contributed by atoms with van der Waals surface area (Å²) in [6.07, 6.45) is 0.956. The van der Waals surface area contributed by atoms with Crippen LogP contribution in [0.1, 0.15) is 6.42 Å². The molecule has 0 rings (SSSR count). The van der Waals surface area contributed by atoms with Crippen molar-refractivity contribution in [3.63, 3.8) is 0 Å². The van der Waals surface area contributed by atoms with Crippen molar-refractivity contribution >= 4 is 43.7 Å². The van der Waals surface area contributed by atoms with E-state index in [0.29, 0.717) is 5.88 Å². The van der Waals surface area contributed by atoms with Crippen LogP contribution in [0.5, 0.6) is 0 Å². The molecule has 0 unspecified atom stereocenters. The maximum Gasteiger partial charge on any atom is 0.213 e.